The number of benzene rings is 1. The van der Waals surface area contributed by atoms with Crippen LogP contribution in [0.1, 0.15) is 23.2 Å². The van der Waals surface area contributed by atoms with Gasteiger partial charge < -0.3 is 0 Å². The van der Waals surface area contributed by atoms with E-state index in [-0.39, 0.29) is 0 Å². The molecule has 6 heteroatoms. The van der Waals surface area contributed by atoms with Gasteiger partial charge in [0.25, 0.3) is 0 Å². The molecule has 0 spiro atoms. The molecule has 0 fully saturated rings. The van der Waals surface area contributed by atoms with E-state index in [2.05, 4.69) is 4.98 Å². The number of hydrogen-bond donors (Lipinski definition) is 0. The Hall–Kier alpha value is -1.24. The predicted octanol–water partition coefficient (Wildman–Crippen LogP) is 2.45. The number of rotatable bonds is 4. The minimum atomic E-state index is -3.44. The van der Waals surface area contributed by atoms with Crippen LogP contribution in [0.25, 0.3) is 0 Å². The third kappa shape index (κ3) is 2.51. The van der Waals surface area contributed by atoms with Crippen molar-refractivity contribution in [1.82, 2.24) is 9.29 Å². The van der Waals surface area contributed by atoms with Gasteiger partial charge in [-0.1, -0.05) is 6.07 Å². The van der Waals surface area contributed by atoms with E-state index < -0.39 is 10.0 Å². The van der Waals surface area contributed by atoms with Crippen molar-refractivity contribution in [3.05, 3.63) is 45.9 Å². The summed E-state index contributed by atoms with van der Waals surface area (Å²) in [5.41, 5.74) is 4.95. The molecule has 3 rings (SSSR count). The van der Waals surface area contributed by atoms with Crippen molar-refractivity contribution in [2.24, 2.45) is 0 Å². The highest BCUT2D eigenvalue weighted by atomic mass is 32.2. The Kier molecular flexibility index (Phi) is 3.62. The van der Waals surface area contributed by atoms with Gasteiger partial charge >= 0.3 is 0 Å². The Labute approximate surface area is 123 Å². The van der Waals surface area contributed by atoms with Crippen LogP contribution in [-0.4, -0.2) is 24.8 Å². The van der Waals surface area contributed by atoms with Gasteiger partial charge in [-0.15, -0.1) is 11.3 Å². The van der Waals surface area contributed by atoms with Gasteiger partial charge in [-0.3, -0.25) is 0 Å². The molecule has 1 aromatic heterocycles. The van der Waals surface area contributed by atoms with Crippen LogP contribution in [0.4, 0.5) is 0 Å². The van der Waals surface area contributed by atoms with Crippen LogP contribution in [-0.2, 0) is 29.4 Å². The van der Waals surface area contributed by atoms with Gasteiger partial charge in [0, 0.05) is 12.4 Å². The maximum absolute atomic E-state index is 12.6. The average Bonchev–Trinajstić information content (AvgIpc) is 3.07. The summed E-state index contributed by atoms with van der Waals surface area (Å²) in [5, 5.41) is 1.87. The van der Waals surface area contributed by atoms with Crippen LogP contribution >= 0.6 is 11.3 Å². The quantitative estimate of drug-likeness (QED) is 0.872. The SMILES string of the molecule is CN(Cc1cscn1)S(=O)(=O)c1ccc2c(c1)CCC2. The number of hydrogen-bond acceptors (Lipinski definition) is 4. The van der Waals surface area contributed by atoms with Crippen molar-refractivity contribution in [3.63, 3.8) is 0 Å². The lowest BCUT2D eigenvalue weighted by Crippen LogP contribution is -2.26. The molecule has 1 aliphatic rings. The molecule has 2 aromatic rings. The van der Waals surface area contributed by atoms with Gasteiger partial charge in [0.05, 0.1) is 22.6 Å². The molecule has 0 bridgehead atoms. The van der Waals surface area contributed by atoms with Gasteiger partial charge in [0.1, 0.15) is 0 Å². The van der Waals surface area contributed by atoms with Crippen LogP contribution in [0.15, 0.2) is 34.0 Å². The second-order valence-corrected chi connectivity index (χ2v) is 7.79. The fourth-order valence-corrected chi connectivity index (χ4v) is 4.26. The zero-order chi connectivity index (χ0) is 14.2. The molecular weight excluding hydrogens is 292 g/mol. The molecule has 1 aromatic carbocycles. The minimum absolute atomic E-state index is 0.308. The maximum Gasteiger partial charge on any atom is 0.243 e. The van der Waals surface area contributed by atoms with E-state index in [0.29, 0.717) is 11.4 Å². The molecule has 20 heavy (non-hydrogen) atoms. The average molecular weight is 308 g/mol. The molecule has 0 saturated heterocycles. The Bertz CT molecular complexity index is 709. The monoisotopic (exact) mass is 308 g/mol. The molecule has 0 atom stereocenters. The summed E-state index contributed by atoms with van der Waals surface area (Å²) in [5.74, 6) is 0. The first-order valence-corrected chi connectivity index (χ1v) is 8.91. The number of thiazole rings is 1. The van der Waals surface area contributed by atoms with E-state index in [0.717, 1.165) is 25.0 Å². The van der Waals surface area contributed by atoms with E-state index >= 15 is 0 Å². The number of nitrogens with zero attached hydrogens (tertiary/aromatic N) is 2. The molecule has 4 nitrogen and oxygen atoms in total. The highest BCUT2D eigenvalue weighted by Crippen LogP contribution is 2.26. The summed E-state index contributed by atoms with van der Waals surface area (Å²) >= 11 is 1.47. The Balaban J connectivity index is 1.87. The van der Waals surface area contributed by atoms with Crippen molar-refractivity contribution >= 4 is 21.4 Å². The molecule has 0 aliphatic heterocycles. The number of fused-ring (bicyclic) bond motifs is 1. The first-order chi connectivity index (χ1) is 9.57. The van der Waals surface area contributed by atoms with E-state index in [9.17, 15) is 8.42 Å². The van der Waals surface area contributed by atoms with Crippen molar-refractivity contribution in [2.75, 3.05) is 7.05 Å². The highest BCUT2D eigenvalue weighted by molar-refractivity contribution is 7.89. The first kappa shape index (κ1) is 13.7. The summed E-state index contributed by atoms with van der Waals surface area (Å²) in [4.78, 5) is 4.52. The van der Waals surface area contributed by atoms with E-state index in [4.69, 9.17) is 0 Å². The van der Waals surface area contributed by atoms with E-state index in [1.54, 1.807) is 18.6 Å². The zero-order valence-electron chi connectivity index (χ0n) is 11.2. The van der Waals surface area contributed by atoms with Crippen LogP contribution < -0.4 is 0 Å². The van der Waals surface area contributed by atoms with Crippen molar-refractivity contribution in [3.8, 4) is 0 Å². The van der Waals surface area contributed by atoms with Gasteiger partial charge in [-0.2, -0.15) is 4.31 Å². The summed E-state index contributed by atoms with van der Waals surface area (Å²) in [7, 11) is -1.84. The Morgan fingerprint density at radius 1 is 1.30 bits per heavy atom. The summed E-state index contributed by atoms with van der Waals surface area (Å²) < 4.78 is 26.5. The third-order valence-electron chi connectivity index (χ3n) is 3.65. The lowest BCUT2D eigenvalue weighted by molar-refractivity contribution is 0.463. The van der Waals surface area contributed by atoms with Crippen LogP contribution in [0.2, 0.25) is 0 Å². The Morgan fingerprint density at radius 3 is 2.85 bits per heavy atom. The van der Waals surface area contributed by atoms with Gasteiger partial charge in [-0.25, -0.2) is 13.4 Å². The standard InChI is InChI=1S/C14H16N2O2S2/c1-16(8-13-9-19-10-15-13)20(17,18)14-6-5-11-3-2-4-12(11)7-14/h5-7,9-10H,2-4,8H2,1H3. The van der Waals surface area contributed by atoms with Crippen molar-refractivity contribution < 1.29 is 8.42 Å². The highest BCUT2D eigenvalue weighted by Gasteiger charge is 2.23. The smallest absolute Gasteiger partial charge is 0.243 e. The number of sulfonamides is 1. The van der Waals surface area contributed by atoms with Crippen LogP contribution in [0.5, 0.6) is 0 Å². The van der Waals surface area contributed by atoms with Gasteiger partial charge in [-0.05, 0) is 42.5 Å². The lowest BCUT2D eigenvalue weighted by Gasteiger charge is -2.16. The molecular formula is C14H16N2O2S2. The third-order valence-corrected chi connectivity index (χ3v) is 6.08. The second kappa shape index (κ2) is 5.27. The summed E-state index contributed by atoms with van der Waals surface area (Å²) in [6.07, 6.45) is 3.16. The first-order valence-electron chi connectivity index (χ1n) is 6.52. The molecule has 1 aliphatic carbocycles. The Morgan fingerprint density at radius 2 is 2.10 bits per heavy atom. The lowest BCUT2D eigenvalue weighted by atomic mass is 10.1. The fourth-order valence-electron chi connectivity index (χ4n) is 2.52. The minimum Gasteiger partial charge on any atom is -0.248 e. The molecule has 0 radical (unpaired) electrons. The number of aryl methyl sites for hydroxylation is 2. The van der Waals surface area contributed by atoms with Crippen LogP contribution in [0.3, 0.4) is 0 Å². The number of aromatic nitrogens is 1. The normalized spacial score (nSPS) is 14.7. The molecule has 0 saturated carbocycles. The molecule has 0 unspecified atom stereocenters. The zero-order valence-corrected chi connectivity index (χ0v) is 12.9. The largest absolute Gasteiger partial charge is 0.248 e. The van der Waals surface area contributed by atoms with Gasteiger partial charge in [0.2, 0.25) is 10.0 Å². The summed E-state index contributed by atoms with van der Waals surface area (Å²) in [6, 6.07) is 5.50. The summed E-state index contributed by atoms with van der Waals surface area (Å²) in [6.45, 7) is 0.308. The van der Waals surface area contributed by atoms with Crippen molar-refractivity contribution in [1.29, 1.82) is 0 Å². The molecule has 0 N–H and O–H groups in total. The molecule has 106 valence electrons. The fraction of sp³-hybridized carbons (Fsp3) is 0.357. The topological polar surface area (TPSA) is 50.3 Å². The predicted molar refractivity (Wildman–Crippen MR) is 79.2 cm³/mol. The van der Waals surface area contributed by atoms with Gasteiger partial charge in [0.15, 0.2) is 0 Å². The van der Waals surface area contributed by atoms with Crippen molar-refractivity contribution in [2.45, 2.75) is 30.7 Å². The second-order valence-electron chi connectivity index (χ2n) is 5.02. The van der Waals surface area contributed by atoms with E-state index in [1.807, 2.05) is 17.5 Å². The van der Waals surface area contributed by atoms with E-state index in [1.165, 1.54) is 26.8 Å². The molecule has 1 heterocycles. The maximum atomic E-state index is 12.6. The van der Waals surface area contributed by atoms with Crippen LogP contribution in [0, 0.1) is 0 Å². The molecule has 0 amide bonds.